The maximum absolute atomic E-state index is 4.64. The predicted molar refractivity (Wildman–Crippen MR) is 65.4 cm³/mol. The van der Waals surface area contributed by atoms with Crippen LogP contribution in [0.3, 0.4) is 0 Å². The van der Waals surface area contributed by atoms with E-state index in [4.69, 9.17) is 0 Å². The standard InChI is InChI=1S/C12H12N6/c1-2-4-10-8(3-1)6-18(17-10)12-9-5-15-16-11(9)13-7-14-12/h5-7H,1-4H2,(H,13,14,15,16). The Labute approximate surface area is 103 Å². The second-order valence-corrected chi connectivity index (χ2v) is 4.58. The van der Waals surface area contributed by atoms with E-state index in [1.54, 1.807) is 6.20 Å². The molecule has 3 heterocycles. The van der Waals surface area contributed by atoms with Gasteiger partial charge in [-0.1, -0.05) is 0 Å². The van der Waals surface area contributed by atoms with Crippen molar-refractivity contribution in [2.45, 2.75) is 25.7 Å². The van der Waals surface area contributed by atoms with Crippen LogP contribution in [0.25, 0.3) is 16.9 Å². The first-order valence-corrected chi connectivity index (χ1v) is 6.14. The second-order valence-electron chi connectivity index (χ2n) is 4.58. The van der Waals surface area contributed by atoms with Crippen molar-refractivity contribution in [1.29, 1.82) is 0 Å². The van der Waals surface area contributed by atoms with Crippen LogP contribution in [0.2, 0.25) is 0 Å². The summed E-state index contributed by atoms with van der Waals surface area (Å²) in [5, 5.41) is 12.4. The molecule has 0 radical (unpaired) electrons. The monoisotopic (exact) mass is 240 g/mol. The van der Waals surface area contributed by atoms with E-state index in [1.807, 2.05) is 4.68 Å². The van der Waals surface area contributed by atoms with Crippen LogP contribution in [0.15, 0.2) is 18.7 Å². The molecule has 18 heavy (non-hydrogen) atoms. The Hall–Kier alpha value is -2.24. The molecule has 0 aromatic carbocycles. The fourth-order valence-electron chi connectivity index (χ4n) is 2.52. The molecule has 90 valence electrons. The van der Waals surface area contributed by atoms with Crippen molar-refractivity contribution in [3.63, 3.8) is 0 Å². The first-order valence-electron chi connectivity index (χ1n) is 6.14. The molecular weight excluding hydrogens is 228 g/mol. The molecule has 0 amide bonds. The maximum atomic E-state index is 4.64. The summed E-state index contributed by atoms with van der Waals surface area (Å²) in [5.41, 5.74) is 3.29. The number of aromatic amines is 1. The van der Waals surface area contributed by atoms with Gasteiger partial charge in [0.2, 0.25) is 0 Å². The first-order chi connectivity index (χ1) is 8.92. The maximum Gasteiger partial charge on any atom is 0.167 e. The molecule has 1 N–H and O–H groups in total. The number of nitrogens with one attached hydrogen (secondary N) is 1. The minimum absolute atomic E-state index is 0.744. The van der Waals surface area contributed by atoms with Crippen LogP contribution >= 0.6 is 0 Å². The summed E-state index contributed by atoms with van der Waals surface area (Å²) >= 11 is 0. The molecule has 3 aromatic rings. The Morgan fingerprint density at radius 1 is 1.17 bits per heavy atom. The van der Waals surface area contributed by atoms with Gasteiger partial charge in [0.05, 0.1) is 17.3 Å². The van der Waals surface area contributed by atoms with Crippen LogP contribution in [-0.2, 0) is 12.8 Å². The lowest BCUT2D eigenvalue weighted by Crippen LogP contribution is -2.01. The lowest BCUT2D eigenvalue weighted by atomic mass is 9.99. The van der Waals surface area contributed by atoms with Gasteiger partial charge in [-0.3, -0.25) is 5.10 Å². The SMILES string of the molecule is c1nc(-n2cc3c(n2)CCCC3)c2cn[nH]c2n1. The highest BCUT2D eigenvalue weighted by Gasteiger charge is 2.16. The van der Waals surface area contributed by atoms with Crippen LogP contribution in [0.4, 0.5) is 0 Å². The summed E-state index contributed by atoms with van der Waals surface area (Å²) in [4.78, 5) is 8.46. The molecule has 4 rings (SSSR count). The number of rotatable bonds is 1. The molecule has 1 aliphatic rings. The minimum atomic E-state index is 0.744. The summed E-state index contributed by atoms with van der Waals surface area (Å²) in [6.45, 7) is 0. The topological polar surface area (TPSA) is 72.3 Å². The first kappa shape index (κ1) is 9.76. The third-order valence-corrected chi connectivity index (χ3v) is 3.43. The van der Waals surface area contributed by atoms with E-state index < -0.39 is 0 Å². The summed E-state index contributed by atoms with van der Waals surface area (Å²) in [5.74, 6) is 0.795. The second kappa shape index (κ2) is 3.63. The smallest absolute Gasteiger partial charge is 0.167 e. The lowest BCUT2D eigenvalue weighted by Gasteiger charge is -2.06. The van der Waals surface area contributed by atoms with Gasteiger partial charge in [-0.2, -0.15) is 10.2 Å². The molecule has 0 fully saturated rings. The number of hydrogen-bond acceptors (Lipinski definition) is 4. The van der Waals surface area contributed by atoms with E-state index >= 15 is 0 Å². The number of H-pyrrole nitrogens is 1. The van der Waals surface area contributed by atoms with Crippen LogP contribution in [0.5, 0.6) is 0 Å². The van der Waals surface area contributed by atoms with Crippen LogP contribution in [-0.4, -0.2) is 29.9 Å². The average Bonchev–Trinajstić information content (AvgIpc) is 3.04. The molecule has 0 saturated carbocycles. The highest BCUT2D eigenvalue weighted by atomic mass is 15.3. The molecule has 3 aromatic heterocycles. The van der Waals surface area contributed by atoms with Crippen LogP contribution in [0.1, 0.15) is 24.1 Å². The van der Waals surface area contributed by atoms with E-state index in [1.165, 1.54) is 30.4 Å². The van der Waals surface area contributed by atoms with E-state index in [-0.39, 0.29) is 0 Å². The van der Waals surface area contributed by atoms with Gasteiger partial charge in [0.1, 0.15) is 6.33 Å². The van der Waals surface area contributed by atoms with Gasteiger partial charge in [0.15, 0.2) is 11.5 Å². The van der Waals surface area contributed by atoms with Crippen LogP contribution in [0, 0.1) is 0 Å². The van der Waals surface area contributed by atoms with Gasteiger partial charge >= 0.3 is 0 Å². The quantitative estimate of drug-likeness (QED) is 0.698. The zero-order valence-electron chi connectivity index (χ0n) is 9.80. The zero-order chi connectivity index (χ0) is 11.9. The van der Waals surface area contributed by atoms with Crippen molar-refractivity contribution in [2.24, 2.45) is 0 Å². The Morgan fingerprint density at radius 2 is 2.11 bits per heavy atom. The molecule has 0 aliphatic heterocycles. The number of nitrogens with zero attached hydrogens (tertiary/aromatic N) is 5. The van der Waals surface area contributed by atoms with Crippen molar-refractivity contribution in [1.82, 2.24) is 29.9 Å². The fourth-order valence-corrected chi connectivity index (χ4v) is 2.52. The van der Waals surface area contributed by atoms with E-state index in [0.717, 1.165) is 29.7 Å². The van der Waals surface area contributed by atoms with Crippen molar-refractivity contribution >= 4 is 11.0 Å². The van der Waals surface area contributed by atoms with E-state index in [9.17, 15) is 0 Å². The van der Waals surface area contributed by atoms with Crippen molar-refractivity contribution in [3.05, 3.63) is 30.0 Å². The van der Waals surface area contributed by atoms with Gasteiger partial charge in [0.25, 0.3) is 0 Å². The molecule has 0 bridgehead atoms. The van der Waals surface area contributed by atoms with E-state index in [0.29, 0.717) is 0 Å². The van der Waals surface area contributed by atoms with Crippen LogP contribution < -0.4 is 0 Å². The van der Waals surface area contributed by atoms with Gasteiger partial charge in [0, 0.05) is 6.20 Å². The summed E-state index contributed by atoms with van der Waals surface area (Å²) in [7, 11) is 0. The van der Waals surface area contributed by atoms with Crippen molar-refractivity contribution in [3.8, 4) is 5.82 Å². The molecule has 0 saturated heterocycles. The van der Waals surface area contributed by atoms with Crippen molar-refractivity contribution in [2.75, 3.05) is 0 Å². The summed E-state index contributed by atoms with van der Waals surface area (Å²) in [6.07, 6.45) is 10.0. The fraction of sp³-hybridized carbons (Fsp3) is 0.333. The minimum Gasteiger partial charge on any atom is -0.261 e. The molecule has 6 nitrogen and oxygen atoms in total. The summed E-state index contributed by atoms with van der Waals surface area (Å²) < 4.78 is 1.86. The van der Waals surface area contributed by atoms with Gasteiger partial charge < -0.3 is 0 Å². The number of hydrogen-bond donors (Lipinski definition) is 1. The highest BCUT2D eigenvalue weighted by molar-refractivity contribution is 5.81. The Kier molecular flexibility index (Phi) is 1.97. The lowest BCUT2D eigenvalue weighted by molar-refractivity contribution is 0.670. The molecule has 1 aliphatic carbocycles. The van der Waals surface area contributed by atoms with Gasteiger partial charge in [-0.05, 0) is 31.2 Å². The molecule has 0 spiro atoms. The highest BCUT2D eigenvalue weighted by Crippen LogP contribution is 2.22. The summed E-state index contributed by atoms with van der Waals surface area (Å²) in [6, 6.07) is 0. The van der Waals surface area contributed by atoms with Gasteiger partial charge in [-0.25, -0.2) is 14.6 Å². The Balaban J connectivity index is 1.91. The normalized spacial score (nSPS) is 14.9. The van der Waals surface area contributed by atoms with Gasteiger partial charge in [-0.15, -0.1) is 0 Å². The molecule has 0 atom stereocenters. The Bertz CT molecular complexity index is 687. The third-order valence-electron chi connectivity index (χ3n) is 3.43. The largest absolute Gasteiger partial charge is 0.261 e. The zero-order valence-corrected chi connectivity index (χ0v) is 9.80. The van der Waals surface area contributed by atoms with Crippen molar-refractivity contribution < 1.29 is 0 Å². The molecule has 0 unspecified atom stereocenters. The third kappa shape index (κ3) is 1.35. The average molecular weight is 240 g/mol. The number of aryl methyl sites for hydroxylation is 2. The molecular formula is C12H12N6. The Morgan fingerprint density at radius 3 is 3.06 bits per heavy atom. The number of fused-ring (bicyclic) bond motifs is 2. The molecule has 6 heteroatoms. The predicted octanol–water partition coefficient (Wildman–Crippen LogP) is 1.42. The van der Waals surface area contributed by atoms with E-state index in [2.05, 4.69) is 31.5 Å². The number of aromatic nitrogens is 6.